The van der Waals surface area contributed by atoms with Gasteiger partial charge in [-0.3, -0.25) is 9.59 Å². The molecule has 0 saturated heterocycles. The molecule has 4 rings (SSSR count). The lowest BCUT2D eigenvalue weighted by Crippen LogP contribution is -2.45. The second-order valence-electron chi connectivity index (χ2n) is 10.0. The van der Waals surface area contributed by atoms with Crippen LogP contribution in [-0.4, -0.2) is 31.8 Å². The number of hydrogen-bond donors (Lipinski definition) is 3. The number of anilines is 1. The molecule has 0 unspecified atom stereocenters. The Labute approximate surface area is 206 Å². The van der Waals surface area contributed by atoms with Crippen molar-refractivity contribution >= 4 is 38.3 Å². The Morgan fingerprint density at radius 3 is 2.23 bits per heavy atom. The van der Waals surface area contributed by atoms with E-state index in [0.29, 0.717) is 22.9 Å². The first-order chi connectivity index (χ1) is 16.5. The third kappa shape index (κ3) is 6.26. The predicted octanol–water partition coefficient (Wildman–Crippen LogP) is 3.99. The highest BCUT2D eigenvalue weighted by Gasteiger charge is 2.33. The van der Waals surface area contributed by atoms with Gasteiger partial charge in [0, 0.05) is 34.3 Å². The molecule has 0 aliphatic heterocycles. The third-order valence-electron chi connectivity index (χ3n) is 5.73. The van der Waals surface area contributed by atoms with Gasteiger partial charge in [0.2, 0.25) is 21.8 Å². The number of fused-ring (bicyclic) bond motifs is 1. The van der Waals surface area contributed by atoms with Crippen LogP contribution in [0.2, 0.25) is 0 Å². The molecule has 1 aliphatic carbocycles. The van der Waals surface area contributed by atoms with Gasteiger partial charge < -0.3 is 10.6 Å². The van der Waals surface area contributed by atoms with Crippen molar-refractivity contribution in [3.63, 3.8) is 0 Å². The second kappa shape index (κ2) is 9.79. The van der Waals surface area contributed by atoms with Gasteiger partial charge in [0.25, 0.3) is 0 Å². The molecular formula is C27H31N3O4S. The monoisotopic (exact) mass is 493 g/mol. The van der Waals surface area contributed by atoms with E-state index in [1.54, 1.807) is 57.2 Å². The van der Waals surface area contributed by atoms with Crippen LogP contribution in [0.1, 0.15) is 39.2 Å². The summed E-state index contributed by atoms with van der Waals surface area (Å²) in [4.78, 5) is 26.0. The highest BCUT2D eigenvalue weighted by molar-refractivity contribution is 7.89. The van der Waals surface area contributed by atoms with E-state index < -0.39 is 21.6 Å². The van der Waals surface area contributed by atoms with Crippen molar-refractivity contribution in [3.05, 3.63) is 72.3 Å². The van der Waals surface area contributed by atoms with E-state index in [-0.39, 0.29) is 22.6 Å². The maximum absolute atomic E-state index is 13.4. The van der Waals surface area contributed by atoms with Gasteiger partial charge in [-0.2, -0.15) is 0 Å². The Kier molecular flexibility index (Phi) is 6.96. The number of nitrogens with one attached hydrogen (secondary N) is 3. The average molecular weight is 494 g/mol. The van der Waals surface area contributed by atoms with Crippen LogP contribution in [0, 0.1) is 5.92 Å². The molecule has 1 aliphatic rings. The smallest absolute Gasteiger partial charge is 0.247 e. The molecule has 7 nitrogen and oxygen atoms in total. The Bertz CT molecular complexity index is 1340. The molecule has 3 N–H and O–H groups in total. The predicted molar refractivity (Wildman–Crippen MR) is 137 cm³/mol. The molecule has 0 aromatic heterocycles. The average Bonchev–Trinajstić information content (AvgIpc) is 3.63. The van der Waals surface area contributed by atoms with Crippen molar-refractivity contribution in [1.29, 1.82) is 0 Å². The highest BCUT2D eigenvalue weighted by Crippen LogP contribution is 2.31. The summed E-state index contributed by atoms with van der Waals surface area (Å²) in [5, 5.41) is 6.93. The lowest BCUT2D eigenvalue weighted by molar-refractivity contribution is -0.127. The Morgan fingerprint density at radius 1 is 0.914 bits per heavy atom. The van der Waals surface area contributed by atoms with Crippen LogP contribution < -0.4 is 15.4 Å². The molecular weight excluding hydrogens is 462 g/mol. The molecule has 184 valence electrons. The molecule has 8 heteroatoms. The quantitative estimate of drug-likeness (QED) is 0.441. The summed E-state index contributed by atoms with van der Waals surface area (Å²) in [6.07, 6.45) is 2.04. The van der Waals surface area contributed by atoms with Crippen LogP contribution in [0.25, 0.3) is 10.8 Å². The molecule has 0 spiro atoms. The van der Waals surface area contributed by atoms with Gasteiger partial charge in [0.05, 0.1) is 4.90 Å². The summed E-state index contributed by atoms with van der Waals surface area (Å²) in [6, 6.07) is 18.9. The molecule has 1 fully saturated rings. The number of sulfonamides is 1. The Hall–Kier alpha value is -3.23. The van der Waals surface area contributed by atoms with E-state index in [1.807, 2.05) is 30.3 Å². The minimum absolute atomic E-state index is 0.0262. The van der Waals surface area contributed by atoms with Crippen LogP contribution >= 0.6 is 0 Å². The standard InChI is InChI=1S/C27H31N3O4S/c1-27(2,3)30-35(33,34)24-14-8-11-20-21(24)12-7-13-22(20)28-26(32)23(29-25(31)19-15-16-19)17-18-9-5-4-6-10-18/h4-14,19,23,30H,15-17H2,1-3H3,(H,28,32)(H,29,31)/t23-/m0/s1. The normalized spacial score (nSPS) is 14.9. The van der Waals surface area contributed by atoms with Crippen LogP contribution in [0.4, 0.5) is 5.69 Å². The van der Waals surface area contributed by atoms with E-state index >= 15 is 0 Å². The zero-order chi connectivity index (χ0) is 25.2. The maximum Gasteiger partial charge on any atom is 0.247 e. The molecule has 3 aromatic carbocycles. The van der Waals surface area contributed by atoms with Crippen LogP contribution in [0.15, 0.2) is 71.6 Å². The minimum Gasteiger partial charge on any atom is -0.344 e. The van der Waals surface area contributed by atoms with Crippen LogP contribution in [0.5, 0.6) is 0 Å². The summed E-state index contributed by atoms with van der Waals surface area (Å²) < 4.78 is 28.8. The SMILES string of the molecule is CC(C)(C)NS(=O)(=O)c1cccc2c(NC(=O)[C@H](Cc3ccccc3)NC(=O)C3CC3)cccc12. The van der Waals surface area contributed by atoms with Crippen LogP contribution in [0.3, 0.4) is 0 Å². The molecule has 0 bridgehead atoms. The Morgan fingerprint density at radius 2 is 1.57 bits per heavy atom. The summed E-state index contributed by atoms with van der Waals surface area (Å²) in [7, 11) is -3.79. The van der Waals surface area contributed by atoms with Gasteiger partial charge in [0.15, 0.2) is 0 Å². The van der Waals surface area contributed by atoms with Crippen molar-refractivity contribution in [3.8, 4) is 0 Å². The highest BCUT2D eigenvalue weighted by atomic mass is 32.2. The van der Waals surface area contributed by atoms with E-state index in [0.717, 1.165) is 18.4 Å². The zero-order valence-electron chi connectivity index (χ0n) is 20.2. The lowest BCUT2D eigenvalue weighted by Gasteiger charge is -2.22. The largest absolute Gasteiger partial charge is 0.344 e. The topological polar surface area (TPSA) is 104 Å². The molecule has 1 atom stereocenters. The number of hydrogen-bond acceptors (Lipinski definition) is 4. The fourth-order valence-electron chi connectivity index (χ4n) is 4.00. The number of rotatable bonds is 8. The van der Waals surface area contributed by atoms with Crippen molar-refractivity contribution in [2.45, 2.75) is 56.5 Å². The van der Waals surface area contributed by atoms with E-state index in [1.165, 1.54) is 0 Å². The van der Waals surface area contributed by atoms with Gasteiger partial charge in [-0.25, -0.2) is 13.1 Å². The van der Waals surface area contributed by atoms with Gasteiger partial charge in [-0.1, -0.05) is 54.6 Å². The third-order valence-corrected chi connectivity index (χ3v) is 7.55. The molecule has 2 amide bonds. The van der Waals surface area contributed by atoms with Crippen molar-refractivity contribution in [1.82, 2.24) is 10.0 Å². The van der Waals surface area contributed by atoms with E-state index in [4.69, 9.17) is 0 Å². The van der Waals surface area contributed by atoms with Crippen LogP contribution in [-0.2, 0) is 26.0 Å². The molecule has 0 heterocycles. The lowest BCUT2D eigenvalue weighted by atomic mass is 10.0. The fraction of sp³-hybridized carbons (Fsp3) is 0.333. The van der Waals surface area contributed by atoms with Gasteiger partial charge >= 0.3 is 0 Å². The number of amides is 2. The van der Waals surface area contributed by atoms with Crippen molar-refractivity contribution in [2.24, 2.45) is 5.92 Å². The fourth-order valence-corrected chi connectivity index (χ4v) is 5.64. The Balaban J connectivity index is 1.64. The van der Waals surface area contributed by atoms with Crippen molar-refractivity contribution < 1.29 is 18.0 Å². The van der Waals surface area contributed by atoms with Gasteiger partial charge in [-0.05, 0) is 51.3 Å². The maximum atomic E-state index is 13.4. The number of carbonyl (C=O) groups excluding carboxylic acids is 2. The van der Waals surface area contributed by atoms with E-state index in [2.05, 4.69) is 15.4 Å². The molecule has 0 radical (unpaired) electrons. The molecule has 3 aromatic rings. The zero-order valence-corrected chi connectivity index (χ0v) is 21.0. The number of carbonyl (C=O) groups is 2. The first-order valence-corrected chi connectivity index (χ1v) is 13.2. The van der Waals surface area contributed by atoms with Gasteiger partial charge in [0.1, 0.15) is 6.04 Å². The first-order valence-electron chi connectivity index (χ1n) is 11.7. The summed E-state index contributed by atoms with van der Waals surface area (Å²) >= 11 is 0. The summed E-state index contributed by atoms with van der Waals surface area (Å²) in [5.74, 6) is -0.487. The van der Waals surface area contributed by atoms with E-state index in [9.17, 15) is 18.0 Å². The summed E-state index contributed by atoms with van der Waals surface area (Å²) in [6.45, 7) is 5.35. The van der Waals surface area contributed by atoms with Gasteiger partial charge in [-0.15, -0.1) is 0 Å². The van der Waals surface area contributed by atoms with Crippen molar-refractivity contribution in [2.75, 3.05) is 5.32 Å². The first kappa shape index (κ1) is 24.9. The minimum atomic E-state index is -3.79. The number of benzene rings is 3. The summed E-state index contributed by atoms with van der Waals surface area (Å²) in [5.41, 5.74) is 0.777. The molecule has 35 heavy (non-hydrogen) atoms. The second-order valence-corrected chi connectivity index (χ2v) is 11.7. The molecule has 1 saturated carbocycles.